The number of nitrogens with one attached hydrogen (secondary N) is 18. The van der Waals surface area contributed by atoms with Gasteiger partial charge in [-0.3, -0.25) is 120 Å². The Labute approximate surface area is 861 Å². The lowest BCUT2D eigenvalue weighted by atomic mass is 10.0. The first kappa shape index (κ1) is 120. The molecule has 55 heteroatoms. The standard InChI is InChI=1S/C94H128N22O31S2/c1-48(79(133)113-65(43-50-19-21-52(117)22-20-50)80(134)100-47-71(119)103-66(44-51-46-99-54-15-8-7-14-53(51)54)89(143)109-61(35-40-148-2)88(142)114-67(45-77(130)131)90(144)112-64(78(95)132)42-49-12-5-4-6-13-49)101-81(135)56(24-30-72(120)121)104-83(137)57(25-31-73(122)123)105-84(138)58(26-32-74(124)125)106-85(139)59(27-33-75(126)127)107-86(140)60(28-34-76(128)129)108-87(141)62(36-41-149-3)110-91(145)68-17-10-38-115(68)93(147)69-18-11-39-116(69)92(146)63(16-9-37-98-94(96)97)111-82(136)55-23-29-70(118)102-55/h4-8,12-15,19-22,46,48,55-69,99,117H,9-11,16-18,23-45,47H2,1-3H3,(H2,95,132)(H,100,134)(H,101,135)(H,102,118)(H,103,119)(H,104,137)(H,105,138)(H,106,139)(H,107,140)(H,108,141)(H,109,143)(H,110,145)(H,111,136)(H,112,144)(H,113,133)(H,114,142)(H,120,121)(H,122,123)(H,124,125)(H,126,127)(H,128,129)(H,130,131)(H4,96,97,98)/t48-,55?,56-,57-,58-,59-,60-,61-,62-,63-,64-,65-,66-,67-,68-,69-/m0/s1. The predicted molar refractivity (Wildman–Crippen MR) is 529 cm³/mol. The molecule has 0 spiro atoms. The highest BCUT2D eigenvalue weighted by molar-refractivity contribution is 7.98. The van der Waals surface area contributed by atoms with Crippen LogP contribution in [0, 0.1) is 5.41 Å². The molecule has 149 heavy (non-hydrogen) atoms. The number of aliphatic carboxylic acids is 6. The molecule has 16 atom stereocenters. The smallest absolute Gasteiger partial charge is 0.305 e. The number of carboxylic acid groups (broad SMARTS) is 6. The van der Waals surface area contributed by atoms with Crippen LogP contribution in [0.2, 0.25) is 0 Å². The molecule has 4 heterocycles. The van der Waals surface area contributed by atoms with Crippen LogP contribution in [0.1, 0.15) is 158 Å². The number of primary amides is 1. The number of H-pyrrole nitrogens is 1. The number of carbonyl (C=O) groups excluding carboxylic acids is 18. The highest BCUT2D eigenvalue weighted by Crippen LogP contribution is 2.28. The monoisotopic (exact) mass is 2120 g/mol. The number of phenolic OH excluding ortho intramolecular Hbond substituents is 1. The number of thioether (sulfide) groups is 2. The number of nitrogens with two attached hydrogens (primary N) is 2. The van der Waals surface area contributed by atoms with Crippen LogP contribution in [0.25, 0.3) is 10.9 Å². The van der Waals surface area contributed by atoms with Gasteiger partial charge in [0.15, 0.2) is 5.96 Å². The van der Waals surface area contributed by atoms with E-state index in [9.17, 15) is 151 Å². The third-order valence-corrected chi connectivity index (χ3v) is 25.6. The molecule has 1 unspecified atom stereocenters. The summed E-state index contributed by atoms with van der Waals surface area (Å²) in [5, 5.41) is 116. The lowest BCUT2D eigenvalue weighted by molar-refractivity contribution is -0.148. The third kappa shape index (κ3) is 40.2. The molecular formula is C94H128N22O31S2. The number of benzene rings is 3. The third-order valence-electron chi connectivity index (χ3n) is 24.3. The van der Waals surface area contributed by atoms with Crippen molar-refractivity contribution in [2.45, 2.75) is 258 Å². The van der Waals surface area contributed by atoms with Gasteiger partial charge in [-0.25, -0.2) is 0 Å². The maximum Gasteiger partial charge on any atom is 0.305 e. The fourth-order valence-corrected chi connectivity index (χ4v) is 17.4. The number of carbonyl (C=O) groups is 24. The van der Waals surface area contributed by atoms with Crippen LogP contribution >= 0.6 is 23.5 Å². The first-order valence-electron chi connectivity index (χ1n) is 47.9. The van der Waals surface area contributed by atoms with Gasteiger partial charge in [-0.05, 0) is 156 Å². The van der Waals surface area contributed by atoms with Crippen molar-refractivity contribution in [3.05, 3.63) is 102 Å². The number of phenols is 1. The minimum atomic E-state index is -2.14. The Kier molecular flexibility index (Phi) is 48.7. The molecule has 812 valence electrons. The molecule has 0 bridgehead atoms. The van der Waals surface area contributed by atoms with E-state index in [2.05, 4.69) is 90.1 Å². The quantitative estimate of drug-likeness (QED) is 0.0111. The zero-order valence-corrected chi connectivity index (χ0v) is 83.5. The van der Waals surface area contributed by atoms with Crippen LogP contribution < -0.4 is 96.5 Å². The van der Waals surface area contributed by atoms with Crippen LogP contribution in [0.5, 0.6) is 5.75 Å². The van der Waals surface area contributed by atoms with E-state index < -0.39 is 317 Å². The number of aromatic nitrogens is 1. The lowest BCUT2D eigenvalue weighted by Crippen LogP contribution is -2.60. The number of carboxylic acids is 6. The molecule has 4 aromatic rings. The van der Waals surface area contributed by atoms with Gasteiger partial charge in [-0.1, -0.05) is 60.7 Å². The second-order valence-electron chi connectivity index (χ2n) is 35.6. The second-order valence-corrected chi connectivity index (χ2v) is 37.6. The highest BCUT2D eigenvalue weighted by Gasteiger charge is 2.46. The summed E-state index contributed by atoms with van der Waals surface area (Å²) in [5.74, 6) is -28.6. The van der Waals surface area contributed by atoms with E-state index in [4.69, 9.17) is 16.9 Å². The maximum atomic E-state index is 14.7. The van der Waals surface area contributed by atoms with Crippen LogP contribution in [-0.4, -0.2) is 345 Å². The Bertz CT molecular complexity index is 5510. The van der Waals surface area contributed by atoms with Crippen molar-refractivity contribution in [3.63, 3.8) is 0 Å². The van der Waals surface area contributed by atoms with Crippen molar-refractivity contribution in [1.29, 1.82) is 5.41 Å². The van der Waals surface area contributed by atoms with Crippen molar-refractivity contribution in [3.8, 4) is 5.75 Å². The van der Waals surface area contributed by atoms with E-state index >= 15 is 0 Å². The van der Waals surface area contributed by atoms with Crippen LogP contribution in [0.15, 0.2) is 85.1 Å². The van der Waals surface area contributed by atoms with Crippen molar-refractivity contribution in [1.82, 2.24) is 99.9 Å². The number of aromatic amines is 1. The van der Waals surface area contributed by atoms with Crippen molar-refractivity contribution in [2.24, 2.45) is 11.5 Å². The summed E-state index contributed by atoms with van der Waals surface area (Å²) in [4.78, 5) is 333. The number of fused-ring (bicyclic) bond motifs is 1. The number of guanidine groups is 1. The van der Waals surface area contributed by atoms with Gasteiger partial charge >= 0.3 is 35.8 Å². The molecule has 3 aliphatic heterocycles. The van der Waals surface area contributed by atoms with Gasteiger partial charge in [0.05, 0.1) is 13.0 Å². The van der Waals surface area contributed by atoms with Crippen LogP contribution in [-0.2, 0) is 134 Å². The van der Waals surface area contributed by atoms with Gasteiger partial charge in [0.25, 0.3) is 0 Å². The summed E-state index contributed by atoms with van der Waals surface area (Å²) in [5.41, 5.74) is 13.0. The van der Waals surface area contributed by atoms with Gasteiger partial charge in [0.1, 0.15) is 102 Å². The zero-order chi connectivity index (χ0) is 110. The fourth-order valence-electron chi connectivity index (χ4n) is 16.5. The molecule has 18 amide bonds. The number of hydrogen-bond acceptors (Lipinski definition) is 28. The zero-order valence-electron chi connectivity index (χ0n) is 81.8. The first-order valence-corrected chi connectivity index (χ1v) is 50.7. The molecule has 3 fully saturated rings. The van der Waals surface area contributed by atoms with Gasteiger partial charge in [0, 0.05) is 94.5 Å². The minimum Gasteiger partial charge on any atom is -0.508 e. The molecule has 29 N–H and O–H groups in total. The largest absolute Gasteiger partial charge is 0.508 e. The van der Waals surface area contributed by atoms with Crippen molar-refractivity contribution in [2.75, 3.05) is 50.2 Å². The average Bonchev–Trinajstić information content (AvgIpc) is 1.66. The summed E-state index contributed by atoms with van der Waals surface area (Å²) in [6.07, 6.45) is -4.98. The summed E-state index contributed by atoms with van der Waals surface area (Å²) in [7, 11) is 0. The number of hydrogen-bond donors (Lipinski definition) is 27. The molecule has 7 rings (SSSR count). The Hall–Kier alpha value is -15.7. The van der Waals surface area contributed by atoms with E-state index in [1.54, 1.807) is 73.3 Å². The SMILES string of the molecule is CSCC[C@H](NC(=O)[C@H](Cc1c[nH]c2ccccc12)NC(=O)CNC(=O)[C@H](Cc1ccc(O)cc1)NC(=O)[C@H](C)NC(=O)[C@H](CCC(=O)O)NC(=O)[C@H](CCC(=O)O)NC(=O)[C@H](CCC(=O)O)NC(=O)[C@H](CCC(=O)O)NC(=O)[C@H](CCC(=O)O)NC(=O)[C@H](CCSC)NC(=O)[C@@H]1CCCN1C(=O)[C@@H]1CCCN1C(=O)[C@H](CCCNC(=N)N)NC(=O)C1CCC(=O)N1)C(=O)N[C@@H](CC(=O)O)C(=O)N[C@@H](Cc1ccccc1)C(N)=O. The number of rotatable bonds is 64. The number of likely N-dealkylation sites (tertiary alicyclic amines) is 2. The highest BCUT2D eigenvalue weighted by atomic mass is 32.2. The summed E-state index contributed by atoms with van der Waals surface area (Å²) < 4.78 is 0. The number of para-hydroxylation sites is 1. The maximum absolute atomic E-state index is 14.7. The Morgan fingerprint density at radius 1 is 0.423 bits per heavy atom. The molecule has 0 radical (unpaired) electrons. The topological polar surface area (TPSA) is 842 Å². The molecule has 53 nitrogen and oxygen atoms in total. The number of amides is 18. The summed E-state index contributed by atoms with van der Waals surface area (Å²) >= 11 is 2.45. The van der Waals surface area contributed by atoms with Gasteiger partial charge in [-0.15, -0.1) is 0 Å². The fraction of sp³-hybridized carbons (Fsp3) is 0.521. The Morgan fingerprint density at radius 2 is 0.839 bits per heavy atom. The van der Waals surface area contributed by atoms with Crippen molar-refractivity contribution < 1.29 is 151 Å². The molecule has 0 saturated carbocycles. The van der Waals surface area contributed by atoms with E-state index in [0.29, 0.717) is 28.5 Å². The lowest BCUT2D eigenvalue weighted by Gasteiger charge is -2.33. The first-order chi connectivity index (χ1) is 70.7. The van der Waals surface area contributed by atoms with Crippen LogP contribution in [0.4, 0.5) is 0 Å². The van der Waals surface area contributed by atoms with Crippen LogP contribution in [0.3, 0.4) is 0 Å². The van der Waals surface area contributed by atoms with E-state index in [0.717, 1.165) is 6.92 Å². The number of nitrogens with zero attached hydrogens (tertiary/aromatic N) is 2. The van der Waals surface area contributed by atoms with Gasteiger partial charge < -0.3 is 147 Å². The van der Waals surface area contributed by atoms with E-state index in [1.807, 2.05) is 0 Å². The van der Waals surface area contributed by atoms with E-state index in [-0.39, 0.29) is 125 Å². The average molecular weight is 2130 g/mol. The summed E-state index contributed by atoms with van der Waals surface area (Å²) in [6.45, 7) is 0.316. The normalized spacial score (nSPS) is 16.7. The predicted octanol–water partition coefficient (Wildman–Crippen LogP) is -5.35. The van der Waals surface area contributed by atoms with Gasteiger partial charge in [0.2, 0.25) is 106 Å². The molecule has 1 aromatic heterocycles. The molecule has 3 aromatic carbocycles. The molecule has 3 aliphatic rings. The summed E-state index contributed by atoms with van der Waals surface area (Å²) in [6, 6.07) is -5.92. The molecule has 0 aliphatic carbocycles. The van der Waals surface area contributed by atoms with Gasteiger partial charge in [-0.2, -0.15) is 23.5 Å². The second kappa shape index (κ2) is 60.4. The Morgan fingerprint density at radius 3 is 1.32 bits per heavy atom. The molecular weight excluding hydrogens is 2000 g/mol. The molecule has 3 saturated heterocycles. The number of aromatic hydroxyl groups is 1. The minimum absolute atomic E-state index is 0.00805. The Balaban J connectivity index is 1.04. The van der Waals surface area contributed by atoms with Crippen molar-refractivity contribution >= 4 is 183 Å². The van der Waals surface area contributed by atoms with E-state index in [1.165, 1.54) is 57.6 Å².